The quantitative estimate of drug-likeness (QED) is 0.720. The number of halogens is 1. The predicted octanol–water partition coefficient (Wildman–Crippen LogP) is 2.95. The molecule has 0 aromatic heterocycles. The molecule has 0 spiro atoms. The third-order valence-electron chi connectivity index (χ3n) is 3.10. The number of anilines is 2. The molecule has 1 aromatic rings. The number of nitrogens with one attached hydrogen (secondary N) is 1. The van der Waals surface area contributed by atoms with Gasteiger partial charge in [-0.25, -0.2) is 4.39 Å². The van der Waals surface area contributed by atoms with E-state index in [1.165, 1.54) is 6.07 Å². The molecule has 0 aliphatic heterocycles. The van der Waals surface area contributed by atoms with Crippen molar-refractivity contribution in [2.75, 3.05) is 37.2 Å². The molecule has 0 unspecified atom stereocenters. The zero-order valence-corrected chi connectivity index (χ0v) is 12.9. The Labute approximate surface area is 121 Å². The van der Waals surface area contributed by atoms with Crippen LogP contribution in [0.3, 0.4) is 0 Å². The topological polar surface area (TPSA) is 50.5 Å². The van der Waals surface area contributed by atoms with Crippen LogP contribution in [0.4, 0.5) is 15.8 Å². The second kappa shape index (κ2) is 7.94. The van der Waals surface area contributed by atoms with E-state index in [2.05, 4.69) is 24.1 Å². The van der Waals surface area contributed by atoms with E-state index in [1.54, 1.807) is 6.07 Å². The maximum absolute atomic E-state index is 13.7. The summed E-state index contributed by atoms with van der Waals surface area (Å²) >= 11 is 0. The molecule has 1 aromatic carbocycles. The lowest BCUT2D eigenvalue weighted by Gasteiger charge is -2.19. The Morgan fingerprint density at radius 3 is 2.50 bits per heavy atom. The van der Waals surface area contributed by atoms with E-state index in [0.717, 1.165) is 26.2 Å². The van der Waals surface area contributed by atoms with Gasteiger partial charge in [-0.2, -0.15) is 0 Å². The van der Waals surface area contributed by atoms with Crippen molar-refractivity contribution in [2.45, 2.75) is 33.8 Å². The van der Waals surface area contributed by atoms with E-state index < -0.39 is 5.82 Å². The minimum atomic E-state index is -0.425. The predicted molar refractivity (Wildman–Crippen MR) is 82.9 cm³/mol. The molecule has 114 valence electrons. The van der Waals surface area contributed by atoms with E-state index >= 15 is 0 Å². The van der Waals surface area contributed by atoms with E-state index in [9.17, 15) is 4.39 Å². The monoisotopic (exact) mass is 283 g/mol. The largest absolute Gasteiger partial charge is 0.488 e. The maximum atomic E-state index is 13.7. The molecule has 4 nitrogen and oxygen atoms in total. The van der Waals surface area contributed by atoms with Gasteiger partial charge in [0.25, 0.3) is 0 Å². The van der Waals surface area contributed by atoms with Crippen molar-refractivity contribution in [3.8, 4) is 5.75 Å². The van der Waals surface area contributed by atoms with Crippen molar-refractivity contribution in [1.29, 1.82) is 0 Å². The van der Waals surface area contributed by atoms with Crippen LogP contribution < -0.4 is 15.8 Å². The first-order valence-corrected chi connectivity index (χ1v) is 7.19. The van der Waals surface area contributed by atoms with Crippen molar-refractivity contribution in [3.63, 3.8) is 0 Å². The van der Waals surface area contributed by atoms with Crippen molar-refractivity contribution in [3.05, 3.63) is 17.9 Å². The molecule has 0 bridgehead atoms. The molecule has 0 saturated heterocycles. The fourth-order valence-corrected chi connectivity index (χ4v) is 1.95. The number of ether oxygens (including phenoxy) is 1. The lowest BCUT2D eigenvalue weighted by atomic mass is 10.2. The molecule has 0 radical (unpaired) electrons. The summed E-state index contributed by atoms with van der Waals surface area (Å²) in [6.45, 7) is 11.7. The minimum absolute atomic E-state index is 0.0725. The van der Waals surface area contributed by atoms with Gasteiger partial charge in [-0.05, 0) is 26.9 Å². The number of rotatable bonds is 8. The van der Waals surface area contributed by atoms with Crippen molar-refractivity contribution < 1.29 is 9.13 Å². The molecule has 5 heteroatoms. The standard InChI is InChI=1S/C15H26FN3O/c1-5-19(6-2)8-7-18-14-10-15(20-11(3)4)12(16)9-13(14)17/h9-11,18H,5-8,17H2,1-4H3. The molecule has 0 amide bonds. The summed E-state index contributed by atoms with van der Waals surface area (Å²) in [4.78, 5) is 2.30. The fourth-order valence-electron chi connectivity index (χ4n) is 1.95. The highest BCUT2D eigenvalue weighted by Crippen LogP contribution is 2.28. The Bertz CT molecular complexity index is 420. The van der Waals surface area contributed by atoms with Gasteiger partial charge in [-0.15, -0.1) is 0 Å². The van der Waals surface area contributed by atoms with E-state index in [-0.39, 0.29) is 11.9 Å². The summed E-state index contributed by atoms with van der Waals surface area (Å²) < 4.78 is 19.1. The molecule has 0 heterocycles. The summed E-state index contributed by atoms with van der Waals surface area (Å²) in [7, 11) is 0. The van der Waals surface area contributed by atoms with Crippen LogP contribution >= 0.6 is 0 Å². The smallest absolute Gasteiger partial charge is 0.167 e. The third-order valence-corrected chi connectivity index (χ3v) is 3.10. The van der Waals surface area contributed by atoms with Crippen LogP contribution in [0.5, 0.6) is 5.75 Å². The van der Waals surface area contributed by atoms with E-state index in [0.29, 0.717) is 11.4 Å². The highest BCUT2D eigenvalue weighted by molar-refractivity contribution is 5.68. The Balaban J connectivity index is 2.69. The molecule has 0 atom stereocenters. The van der Waals surface area contributed by atoms with Gasteiger partial charge in [-0.1, -0.05) is 13.8 Å². The van der Waals surface area contributed by atoms with Gasteiger partial charge in [0, 0.05) is 25.2 Å². The highest BCUT2D eigenvalue weighted by Gasteiger charge is 2.10. The molecule has 0 aliphatic carbocycles. The van der Waals surface area contributed by atoms with Gasteiger partial charge >= 0.3 is 0 Å². The Morgan fingerprint density at radius 2 is 1.95 bits per heavy atom. The van der Waals surface area contributed by atoms with Crippen LogP contribution in [0.25, 0.3) is 0 Å². The maximum Gasteiger partial charge on any atom is 0.167 e. The van der Waals surface area contributed by atoms with Crippen molar-refractivity contribution in [1.82, 2.24) is 4.90 Å². The molecule has 0 saturated carbocycles. The summed E-state index contributed by atoms with van der Waals surface area (Å²) in [5, 5.41) is 3.24. The minimum Gasteiger partial charge on any atom is -0.488 e. The lowest BCUT2D eigenvalue weighted by molar-refractivity contribution is 0.231. The van der Waals surface area contributed by atoms with Crippen LogP contribution in [0.15, 0.2) is 12.1 Å². The first kappa shape index (κ1) is 16.6. The number of nitrogens with zero attached hydrogens (tertiary/aromatic N) is 1. The Hall–Kier alpha value is -1.49. The van der Waals surface area contributed by atoms with Crippen molar-refractivity contribution in [2.24, 2.45) is 0 Å². The van der Waals surface area contributed by atoms with Crippen LogP contribution in [0.1, 0.15) is 27.7 Å². The molecule has 1 rings (SSSR count). The normalized spacial score (nSPS) is 11.2. The molecule has 0 aliphatic rings. The summed E-state index contributed by atoms with van der Waals surface area (Å²) in [5.74, 6) is -0.190. The summed E-state index contributed by atoms with van der Waals surface area (Å²) in [5.41, 5.74) is 6.95. The molecule has 3 N–H and O–H groups in total. The van der Waals surface area contributed by atoms with Crippen LogP contribution in [0.2, 0.25) is 0 Å². The molecular weight excluding hydrogens is 257 g/mol. The number of nitrogens with two attached hydrogens (primary N) is 1. The number of likely N-dealkylation sites (N-methyl/N-ethyl adjacent to an activating group) is 1. The molecule has 0 fully saturated rings. The fraction of sp³-hybridized carbons (Fsp3) is 0.600. The first-order chi connectivity index (χ1) is 9.47. The number of hydrogen-bond acceptors (Lipinski definition) is 4. The van der Waals surface area contributed by atoms with E-state index in [4.69, 9.17) is 10.5 Å². The first-order valence-electron chi connectivity index (χ1n) is 7.19. The average Bonchev–Trinajstić information content (AvgIpc) is 2.39. The number of benzene rings is 1. The zero-order valence-electron chi connectivity index (χ0n) is 12.9. The SMILES string of the molecule is CCN(CC)CCNc1cc(OC(C)C)c(F)cc1N. The van der Waals surface area contributed by atoms with E-state index in [1.807, 2.05) is 13.8 Å². The van der Waals surface area contributed by atoms with Crippen LogP contribution in [-0.2, 0) is 0 Å². The van der Waals surface area contributed by atoms with Crippen LogP contribution in [0, 0.1) is 5.82 Å². The second-order valence-electron chi connectivity index (χ2n) is 4.99. The Kier molecular flexibility index (Phi) is 6.58. The molecule has 20 heavy (non-hydrogen) atoms. The number of hydrogen-bond donors (Lipinski definition) is 2. The highest BCUT2D eigenvalue weighted by atomic mass is 19.1. The van der Waals surface area contributed by atoms with Gasteiger partial charge in [0.05, 0.1) is 17.5 Å². The van der Waals surface area contributed by atoms with Gasteiger partial charge in [0.1, 0.15) is 0 Å². The third kappa shape index (κ3) is 4.89. The van der Waals surface area contributed by atoms with Crippen molar-refractivity contribution >= 4 is 11.4 Å². The van der Waals surface area contributed by atoms with Gasteiger partial charge < -0.3 is 20.7 Å². The van der Waals surface area contributed by atoms with Gasteiger partial charge in [0.2, 0.25) is 0 Å². The summed E-state index contributed by atoms with van der Waals surface area (Å²) in [6.07, 6.45) is -0.0725. The Morgan fingerprint density at radius 1 is 1.30 bits per heavy atom. The summed E-state index contributed by atoms with van der Waals surface area (Å²) in [6, 6.07) is 2.93. The number of nitrogen functional groups attached to an aromatic ring is 1. The average molecular weight is 283 g/mol. The van der Waals surface area contributed by atoms with Crippen LogP contribution in [-0.4, -0.2) is 37.2 Å². The molecular formula is C15H26FN3O. The zero-order chi connectivity index (χ0) is 15.1. The lowest BCUT2D eigenvalue weighted by Crippen LogP contribution is -2.28. The van der Waals surface area contributed by atoms with Gasteiger partial charge in [0.15, 0.2) is 11.6 Å². The van der Waals surface area contributed by atoms with Gasteiger partial charge in [-0.3, -0.25) is 0 Å². The second-order valence-corrected chi connectivity index (χ2v) is 4.99.